The molecule has 1 atom stereocenters. The van der Waals surface area contributed by atoms with Gasteiger partial charge in [-0.25, -0.2) is 19.6 Å². The number of carbonyl (C=O) groups is 2. The largest absolute Gasteiger partial charge is 0.478 e. The summed E-state index contributed by atoms with van der Waals surface area (Å²) >= 11 is 0. The van der Waals surface area contributed by atoms with Gasteiger partial charge in [0.25, 0.3) is 0 Å². The summed E-state index contributed by atoms with van der Waals surface area (Å²) in [6.07, 6.45) is 1.55. The number of carboxylic acids is 2. The molecule has 0 bridgehead atoms. The van der Waals surface area contributed by atoms with E-state index in [4.69, 9.17) is 9.84 Å². The summed E-state index contributed by atoms with van der Waals surface area (Å²) in [5, 5.41) is 18.5. The molecule has 7 heteroatoms. The number of rotatable bonds is 4. The molecule has 3 heterocycles. The van der Waals surface area contributed by atoms with Gasteiger partial charge in [0.1, 0.15) is 0 Å². The number of fused-ring (bicyclic) bond motifs is 2. The average Bonchev–Trinajstić information content (AvgIpc) is 2.71. The summed E-state index contributed by atoms with van der Waals surface area (Å²) in [6, 6.07) is 13.2. The maximum Gasteiger partial charge on any atom is 0.335 e. The lowest BCUT2D eigenvalue weighted by Gasteiger charge is -2.26. The number of nitrogens with zero attached hydrogens (tertiary/aromatic N) is 2. The first kappa shape index (κ1) is 17.4. The van der Waals surface area contributed by atoms with E-state index in [1.165, 1.54) is 12.1 Å². The highest BCUT2D eigenvalue weighted by Crippen LogP contribution is 2.45. The lowest BCUT2D eigenvalue weighted by atomic mass is 9.85. The maximum absolute atomic E-state index is 11.6. The van der Waals surface area contributed by atoms with Crippen LogP contribution in [0.4, 0.5) is 0 Å². The van der Waals surface area contributed by atoms with Crippen molar-refractivity contribution in [2.75, 3.05) is 0 Å². The summed E-state index contributed by atoms with van der Waals surface area (Å²) < 4.78 is 5.81. The molecule has 0 amide bonds. The fourth-order valence-corrected chi connectivity index (χ4v) is 3.16. The topological polar surface area (TPSA) is 110 Å². The molecule has 138 valence electrons. The standard InChI is InChI=1S/C21H14N2O5/c1-11(20(24)25)17-14-3-2-10-22-18(14)28-19-15(17)8-9-16(23-19)12-4-6-13(7-5-12)21(26)27/h2-10,17H,1H2,(H,24,25)(H,26,27). The van der Waals surface area contributed by atoms with E-state index in [0.717, 1.165) is 0 Å². The fourth-order valence-electron chi connectivity index (χ4n) is 3.16. The Morgan fingerprint density at radius 1 is 0.964 bits per heavy atom. The first-order chi connectivity index (χ1) is 13.5. The molecule has 3 aromatic rings. The molecule has 1 aromatic carbocycles. The highest BCUT2D eigenvalue weighted by Gasteiger charge is 2.33. The van der Waals surface area contributed by atoms with Crippen LogP contribution in [0.3, 0.4) is 0 Å². The number of benzene rings is 1. The average molecular weight is 374 g/mol. The normalized spacial score (nSPS) is 14.4. The summed E-state index contributed by atoms with van der Waals surface area (Å²) in [4.78, 5) is 31.3. The van der Waals surface area contributed by atoms with Crippen LogP contribution in [0.2, 0.25) is 0 Å². The van der Waals surface area contributed by atoms with E-state index < -0.39 is 17.9 Å². The van der Waals surface area contributed by atoms with E-state index in [1.807, 2.05) is 0 Å². The molecule has 0 spiro atoms. The second-order valence-electron chi connectivity index (χ2n) is 6.24. The zero-order valence-electron chi connectivity index (χ0n) is 14.5. The van der Waals surface area contributed by atoms with Crippen LogP contribution in [0, 0.1) is 0 Å². The highest BCUT2D eigenvalue weighted by molar-refractivity contribution is 5.90. The number of aromatic carboxylic acids is 1. The Morgan fingerprint density at radius 2 is 1.68 bits per heavy atom. The number of carboxylic acid groups (broad SMARTS) is 2. The van der Waals surface area contributed by atoms with E-state index in [9.17, 15) is 14.7 Å². The number of aromatic nitrogens is 2. The molecule has 1 unspecified atom stereocenters. The van der Waals surface area contributed by atoms with Gasteiger partial charge in [-0.15, -0.1) is 0 Å². The molecule has 2 aromatic heterocycles. The second-order valence-corrected chi connectivity index (χ2v) is 6.24. The van der Waals surface area contributed by atoms with Gasteiger partial charge in [-0.3, -0.25) is 0 Å². The molecule has 2 N–H and O–H groups in total. The predicted molar refractivity (Wildman–Crippen MR) is 99.6 cm³/mol. The smallest absolute Gasteiger partial charge is 0.335 e. The molecule has 0 radical (unpaired) electrons. The Morgan fingerprint density at radius 3 is 2.36 bits per heavy atom. The number of hydrogen-bond acceptors (Lipinski definition) is 5. The minimum Gasteiger partial charge on any atom is -0.478 e. The third-order valence-electron chi connectivity index (χ3n) is 4.56. The van der Waals surface area contributed by atoms with Crippen molar-refractivity contribution in [2.45, 2.75) is 5.92 Å². The van der Waals surface area contributed by atoms with Crippen LogP contribution in [-0.4, -0.2) is 32.1 Å². The predicted octanol–water partition coefficient (Wildman–Crippen LogP) is 3.72. The van der Waals surface area contributed by atoms with Crippen molar-refractivity contribution in [1.82, 2.24) is 9.97 Å². The van der Waals surface area contributed by atoms with Crippen molar-refractivity contribution in [3.63, 3.8) is 0 Å². The molecule has 28 heavy (non-hydrogen) atoms. The van der Waals surface area contributed by atoms with Gasteiger partial charge in [-0.05, 0) is 24.3 Å². The molecule has 1 aliphatic rings. The van der Waals surface area contributed by atoms with Crippen molar-refractivity contribution in [3.8, 4) is 23.0 Å². The Labute approximate surface area is 159 Å². The van der Waals surface area contributed by atoms with Crippen LogP contribution in [0.1, 0.15) is 27.4 Å². The molecule has 1 aliphatic heterocycles. The van der Waals surface area contributed by atoms with Gasteiger partial charge in [0.2, 0.25) is 11.8 Å². The van der Waals surface area contributed by atoms with Gasteiger partial charge < -0.3 is 14.9 Å². The first-order valence-corrected chi connectivity index (χ1v) is 8.35. The number of hydrogen-bond donors (Lipinski definition) is 2. The van der Waals surface area contributed by atoms with Crippen molar-refractivity contribution in [2.24, 2.45) is 0 Å². The third kappa shape index (κ3) is 2.88. The molecular formula is C21H14N2O5. The van der Waals surface area contributed by atoms with Gasteiger partial charge in [0.05, 0.1) is 17.2 Å². The molecule has 0 fully saturated rings. The Balaban J connectivity index is 1.80. The van der Waals surface area contributed by atoms with Gasteiger partial charge in [0.15, 0.2) is 0 Å². The lowest BCUT2D eigenvalue weighted by molar-refractivity contribution is -0.132. The van der Waals surface area contributed by atoms with E-state index in [1.54, 1.807) is 42.6 Å². The minimum atomic E-state index is -1.11. The van der Waals surface area contributed by atoms with E-state index >= 15 is 0 Å². The van der Waals surface area contributed by atoms with Crippen molar-refractivity contribution < 1.29 is 24.5 Å². The van der Waals surface area contributed by atoms with E-state index in [-0.39, 0.29) is 22.9 Å². The molecule has 0 aliphatic carbocycles. The van der Waals surface area contributed by atoms with Gasteiger partial charge in [0, 0.05) is 28.5 Å². The van der Waals surface area contributed by atoms with Crippen LogP contribution >= 0.6 is 0 Å². The maximum atomic E-state index is 11.6. The molecule has 0 saturated carbocycles. The second kappa shape index (κ2) is 6.62. The molecule has 4 rings (SSSR count). The minimum absolute atomic E-state index is 0.000777. The Kier molecular flexibility index (Phi) is 4.12. The zero-order valence-corrected chi connectivity index (χ0v) is 14.5. The van der Waals surface area contributed by atoms with Crippen LogP contribution in [-0.2, 0) is 4.79 Å². The summed E-state index contributed by atoms with van der Waals surface area (Å²) in [7, 11) is 0. The molecule has 0 saturated heterocycles. The zero-order chi connectivity index (χ0) is 19.8. The van der Waals surface area contributed by atoms with Gasteiger partial charge in [-0.2, -0.15) is 0 Å². The Hall–Kier alpha value is -4.00. The van der Waals surface area contributed by atoms with Crippen LogP contribution < -0.4 is 4.74 Å². The summed E-state index contributed by atoms with van der Waals surface area (Å²) in [5.41, 5.74) is 2.64. The molecular weight excluding hydrogens is 360 g/mol. The van der Waals surface area contributed by atoms with Crippen LogP contribution in [0.25, 0.3) is 11.3 Å². The third-order valence-corrected chi connectivity index (χ3v) is 4.56. The van der Waals surface area contributed by atoms with Crippen LogP contribution in [0.15, 0.2) is 66.9 Å². The Bertz CT molecular complexity index is 1120. The number of pyridine rings is 2. The van der Waals surface area contributed by atoms with Gasteiger partial charge in [-0.1, -0.05) is 30.8 Å². The van der Waals surface area contributed by atoms with Crippen LogP contribution in [0.5, 0.6) is 11.8 Å². The summed E-state index contributed by atoms with van der Waals surface area (Å²) in [6.45, 7) is 3.72. The van der Waals surface area contributed by atoms with Gasteiger partial charge >= 0.3 is 11.9 Å². The highest BCUT2D eigenvalue weighted by atomic mass is 16.5. The van der Waals surface area contributed by atoms with E-state index in [2.05, 4.69) is 16.5 Å². The fraction of sp³-hybridized carbons (Fsp3) is 0.0476. The number of aliphatic carboxylic acids is 1. The van der Waals surface area contributed by atoms with Crippen molar-refractivity contribution >= 4 is 11.9 Å². The van der Waals surface area contributed by atoms with Crippen molar-refractivity contribution in [3.05, 3.63) is 83.6 Å². The van der Waals surface area contributed by atoms with E-state index in [0.29, 0.717) is 22.4 Å². The molecule has 7 nitrogen and oxygen atoms in total. The first-order valence-electron chi connectivity index (χ1n) is 8.35. The lowest BCUT2D eigenvalue weighted by Crippen LogP contribution is -2.18. The SMILES string of the molecule is C=C(C(=O)O)C1c2cccnc2Oc2nc(-c3ccc(C(=O)O)cc3)ccc21. The van der Waals surface area contributed by atoms with Crippen molar-refractivity contribution in [1.29, 1.82) is 0 Å². The monoisotopic (exact) mass is 374 g/mol. The quantitative estimate of drug-likeness (QED) is 0.670. The summed E-state index contributed by atoms with van der Waals surface area (Å²) in [5.74, 6) is -2.21. The number of ether oxygens (including phenoxy) is 1.